The summed E-state index contributed by atoms with van der Waals surface area (Å²) < 4.78 is 27.5. The van der Waals surface area contributed by atoms with Crippen molar-refractivity contribution in [1.82, 2.24) is 0 Å². The first kappa shape index (κ1) is 15.7. The van der Waals surface area contributed by atoms with E-state index in [-0.39, 0.29) is 11.6 Å². The monoisotopic (exact) mass is 372 g/mol. The predicted molar refractivity (Wildman–Crippen MR) is 88.2 cm³/mol. The van der Waals surface area contributed by atoms with Gasteiger partial charge in [0, 0.05) is 10.8 Å². The number of allylic oxidation sites excluding steroid dienone is 1. The second-order valence-corrected chi connectivity index (χ2v) is 9.19. The maximum absolute atomic E-state index is 14.8. The quantitative estimate of drug-likeness (QED) is 0.660. The molecule has 6 heteroatoms. The molecule has 1 aliphatic heterocycles. The molecule has 2 nitrogen and oxygen atoms in total. The predicted octanol–water partition coefficient (Wildman–Crippen LogP) is 5.24. The van der Waals surface area contributed by atoms with Gasteiger partial charge in [0.25, 0.3) is 0 Å². The molecule has 1 unspecified atom stereocenters. The smallest absolute Gasteiger partial charge is 0.398 e. The van der Waals surface area contributed by atoms with E-state index in [0.717, 1.165) is 22.2 Å². The van der Waals surface area contributed by atoms with Crippen LogP contribution in [0.1, 0.15) is 51.3 Å². The van der Waals surface area contributed by atoms with Crippen molar-refractivity contribution in [2.24, 2.45) is 0 Å². The van der Waals surface area contributed by atoms with E-state index in [1.54, 1.807) is 11.3 Å². The Morgan fingerprint density at radius 3 is 2.33 bits per heavy atom. The van der Waals surface area contributed by atoms with E-state index in [1.807, 2.05) is 33.8 Å². The number of hydrogen-bond acceptors (Lipinski definition) is 3. The summed E-state index contributed by atoms with van der Waals surface area (Å²) >= 11 is 5.14. The first-order valence-electron chi connectivity index (χ1n) is 7.20. The fourth-order valence-corrected chi connectivity index (χ4v) is 4.24. The normalized spacial score (nSPS) is 29.4. The lowest BCUT2D eigenvalue weighted by Crippen LogP contribution is -2.41. The minimum absolute atomic E-state index is 0.181. The van der Waals surface area contributed by atoms with Gasteiger partial charge in [-0.3, -0.25) is 0 Å². The third-order valence-electron chi connectivity index (χ3n) is 4.83. The zero-order valence-corrected chi connectivity index (χ0v) is 15.1. The lowest BCUT2D eigenvalue weighted by molar-refractivity contribution is 0.00578. The Morgan fingerprint density at radius 2 is 1.90 bits per heavy atom. The Bertz CT molecular complexity index is 580. The van der Waals surface area contributed by atoms with Crippen LogP contribution in [0.5, 0.6) is 0 Å². The van der Waals surface area contributed by atoms with Crippen LogP contribution in [0.25, 0.3) is 0 Å². The highest BCUT2D eigenvalue weighted by molar-refractivity contribution is 9.11. The third kappa shape index (κ3) is 2.65. The van der Waals surface area contributed by atoms with E-state index in [0.29, 0.717) is 0 Å². The molecule has 1 aliphatic carbocycles. The van der Waals surface area contributed by atoms with Gasteiger partial charge in [0.1, 0.15) is 5.73 Å². The summed E-state index contributed by atoms with van der Waals surface area (Å²) in [4.78, 5) is 1.20. The van der Waals surface area contributed by atoms with Gasteiger partial charge < -0.3 is 9.31 Å². The average Bonchev–Trinajstić information content (AvgIpc) is 2.80. The largest absolute Gasteiger partial charge is 0.525 e. The van der Waals surface area contributed by atoms with Gasteiger partial charge in [0.15, 0.2) is 0 Å². The van der Waals surface area contributed by atoms with Crippen molar-refractivity contribution >= 4 is 34.4 Å². The van der Waals surface area contributed by atoms with E-state index in [4.69, 9.17) is 9.31 Å². The molecule has 114 valence electrons. The SMILES string of the molecule is CC1(C)OB(C(F)=C2CCC2c2ccc(Br)s2)OC1(C)C. The van der Waals surface area contributed by atoms with E-state index < -0.39 is 18.3 Å². The number of rotatable bonds is 2. The molecule has 0 radical (unpaired) electrons. The summed E-state index contributed by atoms with van der Waals surface area (Å²) in [6.07, 6.45) is 1.78. The number of hydrogen-bond donors (Lipinski definition) is 0. The molecule has 0 aromatic carbocycles. The summed E-state index contributed by atoms with van der Waals surface area (Å²) in [5.41, 5.74) is -0.390. The van der Waals surface area contributed by atoms with Crippen molar-refractivity contribution in [3.05, 3.63) is 32.1 Å². The molecule has 1 aromatic heterocycles. The molecule has 3 rings (SSSR count). The Morgan fingerprint density at radius 1 is 1.29 bits per heavy atom. The summed E-state index contributed by atoms with van der Waals surface area (Å²) in [6, 6.07) is 4.08. The Balaban J connectivity index is 1.83. The highest BCUT2D eigenvalue weighted by Crippen LogP contribution is 2.49. The first-order chi connectivity index (χ1) is 9.71. The fourth-order valence-electron chi connectivity index (χ4n) is 2.65. The topological polar surface area (TPSA) is 18.5 Å². The molecule has 1 saturated carbocycles. The Labute approximate surface area is 138 Å². The molecule has 1 saturated heterocycles. The van der Waals surface area contributed by atoms with E-state index in [2.05, 4.69) is 22.0 Å². The lowest BCUT2D eigenvalue weighted by Gasteiger charge is -2.32. The molecule has 2 fully saturated rings. The van der Waals surface area contributed by atoms with Crippen LogP contribution < -0.4 is 0 Å². The molecule has 0 amide bonds. The average molecular weight is 373 g/mol. The van der Waals surface area contributed by atoms with Gasteiger partial charge in [-0.05, 0) is 74.2 Å². The van der Waals surface area contributed by atoms with Gasteiger partial charge in [-0.25, -0.2) is 4.39 Å². The lowest BCUT2D eigenvalue weighted by atomic mass is 9.71. The minimum Gasteiger partial charge on any atom is -0.398 e. The fraction of sp³-hybridized carbons (Fsp3) is 0.600. The summed E-state index contributed by atoms with van der Waals surface area (Å²) in [5.74, 6) is 0.181. The molecular weight excluding hydrogens is 354 g/mol. The van der Waals surface area contributed by atoms with Gasteiger partial charge in [-0.1, -0.05) is 0 Å². The molecule has 1 atom stereocenters. The van der Waals surface area contributed by atoms with Gasteiger partial charge in [0.05, 0.1) is 15.0 Å². The molecule has 1 aromatic rings. The van der Waals surface area contributed by atoms with Crippen molar-refractivity contribution in [2.75, 3.05) is 0 Å². The Kier molecular flexibility index (Phi) is 3.88. The van der Waals surface area contributed by atoms with Crippen LogP contribution in [-0.2, 0) is 9.31 Å². The van der Waals surface area contributed by atoms with Crippen LogP contribution in [-0.4, -0.2) is 18.3 Å². The van der Waals surface area contributed by atoms with Gasteiger partial charge in [-0.2, -0.15) is 0 Å². The summed E-state index contributed by atoms with van der Waals surface area (Å²) in [6.45, 7) is 7.78. The van der Waals surface area contributed by atoms with Crippen molar-refractivity contribution in [1.29, 1.82) is 0 Å². The number of halogens is 2. The van der Waals surface area contributed by atoms with Gasteiger partial charge in [0.2, 0.25) is 0 Å². The van der Waals surface area contributed by atoms with Crippen molar-refractivity contribution in [3.8, 4) is 0 Å². The molecule has 0 spiro atoms. The van der Waals surface area contributed by atoms with Crippen molar-refractivity contribution < 1.29 is 13.7 Å². The second kappa shape index (κ2) is 5.19. The van der Waals surface area contributed by atoms with E-state index in [1.165, 1.54) is 4.88 Å². The third-order valence-corrected chi connectivity index (χ3v) is 6.56. The summed E-state index contributed by atoms with van der Waals surface area (Å²) in [5, 5.41) is 0. The first-order valence-corrected chi connectivity index (χ1v) is 8.81. The molecule has 0 N–H and O–H groups in total. The zero-order valence-electron chi connectivity index (χ0n) is 12.7. The van der Waals surface area contributed by atoms with Gasteiger partial charge in [-0.15, -0.1) is 11.3 Å². The molecule has 2 aliphatic rings. The van der Waals surface area contributed by atoms with E-state index >= 15 is 0 Å². The maximum atomic E-state index is 14.8. The Hall–Kier alpha value is -0.165. The van der Waals surface area contributed by atoms with Crippen LogP contribution in [0.2, 0.25) is 0 Å². The second-order valence-electron chi connectivity index (χ2n) is 6.69. The summed E-state index contributed by atoms with van der Waals surface area (Å²) in [7, 11) is -0.865. The molecule has 21 heavy (non-hydrogen) atoms. The van der Waals surface area contributed by atoms with Gasteiger partial charge >= 0.3 is 7.12 Å². The molecule has 0 bridgehead atoms. The highest BCUT2D eigenvalue weighted by atomic mass is 79.9. The van der Waals surface area contributed by atoms with Crippen LogP contribution in [0.15, 0.2) is 27.2 Å². The van der Waals surface area contributed by atoms with Crippen LogP contribution in [0, 0.1) is 0 Å². The van der Waals surface area contributed by atoms with Crippen molar-refractivity contribution in [3.63, 3.8) is 0 Å². The van der Waals surface area contributed by atoms with Crippen molar-refractivity contribution in [2.45, 2.75) is 57.7 Å². The molecule has 2 heterocycles. The highest BCUT2D eigenvalue weighted by Gasteiger charge is 2.54. The number of thiophene rings is 1. The van der Waals surface area contributed by atoms with Crippen LogP contribution >= 0.6 is 27.3 Å². The standard InChI is InChI=1S/C15H19BBrFO2S/c1-14(2)15(3,4)20-16(19-14)13(18)10-6-5-9(10)11-7-8-12(17)21-11/h7-9H,5-6H2,1-4H3. The zero-order chi connectivity index (χ0) is 15.4. The van der Waals surface area contributed by atoms with Crippen LogP contribution in [0.4, 0.5) is 4.39 Å². The minimum atomic E-state index is -0.865. The van der Waals surface area contributed by atoms with E-state index in [9.17, 15) is 4.39 Å². The van der Waals surface area contributed by atoms with Crippen LogP contribution in [0.3, 0.4) is 0 Å². The maximum Gasteiger partial charge on any atom is 0.525 e. The molecular formula is C15H19BBrFO2S.